The zero-order valence-corrected chi connectivity index (χ0v) is 20.3. The van der Waals surface area contributed by atoms with Crippen LogP contribution >= 0.6 is 0 Å². The average molecular weight is 542 g/mol. The molecule has 0 atom stereocenters. The van der Waals surface area contributed by atoms with Gasteiger partial charge in [0.05, 0.1) is 0 Å². The van der Waals surface area contributed by atoms with Crippen LogP contribution in [0.25, 0.3) is 0 Å². The SMILES string of the molecule is CCOC(=O)C[As+](c1ccccc1)(c1ccccc1)c1ccccc1.O=S(=O)([O-])C(F)(F)F. The molecule has 0 aromatic heterocycles. The van der Waals surface area contributed by atoms with Gasteiger partial charge in [0, 0.05) is 0 Å². The Morgan fingerprint density at radius 2 is 1.12 bits per heavy atom. The molecule has 10 heteroatoms. The van der Waals surface area contributed by atoms with Gasteiger partial charge in [-0.3, -0.25) is 0 Å². The van der Waals surface area contributed by atoms with Crippen molar-refractivity contribution >= 4 is 42.7 Å². The van der Waals surface area contributed by atoms with E-state index in [0.29, 0.717) is 11.8 Å². The summed E-state index contributed by atoms with van der Waals surface area (Å²) in [5.41, 5.74) is -5.65. The monoisotopic (exact) mass is 542 g/mol. The summed E-state index contributed by atoms with van der Waals surface area (Å²) in [6.45, 7) is 2.27. The van der Waals surface area contributed by atoms with E-state index in [1.807, 2.05) is 25.1 Å². The molecule has 0 spiro atoms. The van der Waals surface area contributed by atoms with Crippen molar-refractivity contribution in [1.29, 1.82) is 0 Å². The van der Waals surface area contributed by atoms with Crippen LogP contribution in [-0.4, -0.2) is 44.6 Å². The van der Waals surface area contributed by atoms with E-state index < -0.39 is 29.2 Å². The van der Waals surface area contributed by atoms with Crippen LogP contribution in [0.1, 0.15) is 6.92 Å². The largest absolute Gasteiger partial charge is 0.741 e. The number of hydrogen-bond acceptors (Lipinski definition) is 5. The molecule has 0 saturated heterocycles. The number of benzene rings is 3. The predicted octanol–water partition coefficient (Wildman–Crippen LogP) is 2.77. The van der Waals surface area contributed by atoms with E-state index in [1.165, 1.54) is 13.1 Å². The van der Waals surface area contributed by atoms with Gasteiger partial charge in [-0.15, -0.1) is 0 Å². The van der Waals surface area contributed by atoms with Gasteiger partial charge in [-0.05, 0) is 0 Å². The fourth-order valence-electron chi connectivity index (χ4n) is 3.17. The fourth-order valence-corrected chi connectivity index (χ4v) is 11.5. The summed E-state index contributed by atoms with van der Waals surface area (Å²) in [6.07, 6.45) is 0. The summed E-state index contributed by atoms with van der Waals surface area (Å²) in [6, 6.07) is 31.4. The minimum atomic E-state index is -6.09. The van der Waals surface area contributed by atoms with Crippen molar-refractivity contribution in [2.24, 2.45) is 0 Å². The second kappa shape index (κ2) is 11.5. The summed E-state index contributed by atoms with van der Waals surface area (Å²) in [5, 5.41) is 0.435. The maximum atomic E-state index is 12.6. The third-order valence-electron chi connectivity index (χ3n) is 4.55. The van der Waals surface area contributed by atoms with Crippen molar-refractivity contribution in [1.82, 2.24) is 0 Å². The molecular weight excluding hydrogens is 520 g/mol. The smallest absolute Gasteiger partial charge is 0.485 e. The molecule has 3 aromatic rings. The molecule has 0 aliphatic rings. The number of ether oxygens (including phenoxy) is 1. The van der Waals surface area contributed by atoms with Gasteiger partial charge in [-0.1, -0.05) is 0 Å². The molecule has 3 rings (SSSR count). The van der Waals surface area contributed by atoms with E-state index in [9.17, 15) is 18.0 Å². The molecule has 0 aliphatic heterocycles. The minimum absolute atomic E-state index is 0.119. The van der Waals surface area contributed by atoms with Gasteiger partial charge in [0.25, 0.3) is 0 Å². The maximum Gasteiger partial charge on any atom is 0.485 e. The Hall–Kier alpha value is -2.61. The molecule has 5 nitrogen and oxygen atoms in total. The summed E-state index contributed by atoms with van der Waals surface area (Å²) in [7, 11) is -6.09. The first-order valence-corrected chi connectivity index (χ1v) is 15.3. The summed E-state index contributed by atoms with van der Waals surface area (Å²) >= 11 is -2.96. The molecule has 0 amide bonds. The maximum absolute atomic E-state index is 12.6. The number of carbonyl (C=O) groups excluding carboxylic acids is 1. The van der Waals surface area contributed by atoms with E-state index in [4.69, 9.17) is 17.7 Å². The molecule has 0 heterocycles. The Balaban J connectivity index is 0.000000414. The van der Waals surface area contributed by atoms with Crippen molar-refractivity contribution in [2.45, 2.75) is 17.6 Å². The summed E-state index contributed by atoms with van der Waals surface area (Å²) in [5.74, 6) is -0.119. The topological polar surface area (TPSA) is 83.5 Å². The van der Waals surface area contributed by atoms with Crippen molar-refractivity contribution in [3.63, 3.8) is 0 Å². The molecule has 0 bridgehead atoms. The Kier molecular flexibility index (Phi) is 9.28. The van der Waals surface area contributed by atoms with Crippen molar-refractivity contribution in [3.05, 3.63) is 91.0 Å². The first-order chi connectivity index (χ1) is 15.5. The van der Waals surface area contributed by atoms with E-state index in [-0.39, 0.29) is 5.97 Å². The number of esters is 1. The molecule has 0 saturated carbocycles. The van der Waals surface area contributed by atoms with E-state index in [2.05, 4.69) is 72.8 Å². The second-order valence-electron chi connectivity index (χ2n) is 6.68. The summed E-state index contributed by atoms with van der Waals surface area (Å²) in [4.78, 5) is 12.6. The van der Waals surface area contributed by atoms with Crippen molar-refractivity contribution < 1.29 is 35.7 Å². The number of halogens is 3. The standard InChI is InChI=1S/C22H22AsO2.CHF3O3S/c1-2-25-22(24)18-23(19-12-6-3-7-13-19,20-14-8-4-9-15-20)21-16-10-5-11-17-21;2-1(3,4)8(5,6)7/h3-17H,2,18H2,1H3;(H,5,6,7)/q+1;/p-1. The molecule has 0 aliphatic carbocycles. The Labute approximate surface area is 193 Å². The van der Waals surface area contributed by atoms with Gasteiger partial charge >= 0.3 is 157 Å². The first kappa shape index (κ1) is 26.6. The van der Waals surface area contributed by atoms with Crippen LogP contribution in [0.4, 0.5) is 13.2 Å². The molecule has 0 fully saturated rings. The zero-order chi connectivity index (χ0) is 24.5. The van der Waals surface area contributed by atoms with E-state index >= 15 is 0 Å². The van der Waals surface area contributed by atoms with E-state index in [1.54, 1.807) is 0 Å². The minimum Gasteiger partial charge on any atom is -0.741 e. The second-order valence-corrected chi connectivity index (χ2v) is 15.4. The van der Waals surface area contributed by atoms with Crippen LogP contribution < -0.4 is 13.1 Å². The summed E-state index contributed by atoms with van der Waals surface area (Å²) < 4.78 is 68.0. The average Bonchev–Trinajstić information content (AvgIpc) is 2.78. The van der Waals surface area contributed by atoms with Crippen LogP contribution in [0, 0.1) is 0 Å². The number of rotatable bonds is 6. The van der Waals surface area contributed by atoms with E-state index in [0.717, 1.165) is 0 Å². The van der Waals surface area contributed by atoms with Crippen LogP contribution in [0.2, 0.25) is 5.21 Å². The van der Waals surface area contributed by atoms with Gasteiger partial charge in [0.2, 0.25) is 0 Å². The predicted molar refractivity (Wildman–Crippen MR) is 121 cm³/mol. The third-order valence-corrected chi connectivity index (χ3v) is 14.1. The number of hydrogen-bond donors (Lipinski definition) is 0. The molecular formula is C23H22AsF3O5S. The Morgan fingerprint density at radius 1 is 0.818 bits per heavy atom. The molecule has 0 radical (unpaired) electrons. The first-order valence-electron chi connectivity index (χ1n) is 9.75. The van der Waals surface area contributed by atoms with Crippen LogP contribution in [-0.2, 0) is 19.6 Å². The third kappa shape index (κ3) is 6.93. The fraction of sp³-hybridized carbons (Fsp3) is 0.174. The van der Waals surface area contributed by atoms with Gasteiger partial charge in [-0.2, -0.15) is 13.2 Å². The molecule has 3 aromatic carbocycles. The Bertz CT molecular complexity index is 1030. The quantitative estimate of drug-likeness (QED) is 0.207. The van der Waals surface area contributed by atoms with Gasteiger partial charge < -0.3 is 4.55 Å². The van der Waals surface area contributed by atoms with Crippen molar-refractivity contribution in [3.8, 4) is 0 Å². The molecule has 33 heavy (non-hydrogen) atoms. The van der Waals surface area contributed by atoms with Crippen LogP contribution in [0.3, 0.4) is 0 Å². The molecule has 0 unspecified atom stereocenters. The normalized spacial score (nSPS) is 11.8. The van der Waals surface area contributed by atoms with Crippen LogP contribution in [0.15, 0.2) is 91.0 Å². The molecule has 176 valence electrons. The molecule has 0 N–H and O–H groups in total. The number of carbonyl (C=O) groups is 1. The van der Waals surface area contributed by atoms with Crippen molar-refractivity contribution in [2.75, 3.05) is 6.61 Å². The zero-order valence-electron chi connectivity index (χ0n) is 17.6. The number of alkyl halides is 3. The van der Waals surface area contributed by atoms with Gasteiger partial charge in [-0.25, -0.2) is 8.42 Å². The van der Waals surface area contributed by atoms with Crippen LogP contribution in [0.5, 0.6) is 0 Å². The van der Waals surface area contributed by atoms with Gasteiger partial charge in [0.1, 0.15) is 0 Å². The van der Waals surface area contributed by atoms with Gasteiger partial charge in [0.15, 0.2) is 10.1 Å². The Morgan fingerprint density at radius 3 is 1.36 bits per heavy atom.